The summed E-state index contributed by atoms with van der Waals surface area (Å²) in [6.45, 7) is 5.01. The van der Waals surface area contributed by atoms with Crippen molar-refractivity contribution >= 4 is 18.1 Å². The molecule has 1 aromatic heterocycles. The summed E-state index contributed by atoms with van der Waals surface area (Å²) in [5.74, 6) is -0.119. The van der Waals surface area contributed by atoms with E-state index in [-0.39, 0.29) is 24.5 Å². The minimum absolute atomic E-state index is 0.111. The molecule has 8 nitrogen and oxygen atoms in total. The maximum absolute atomic E-state index is 13.4. The quantitative estimate of drug-likeness (QED) is 0.370. The fourth-order valence-corrected chi connectivity index (χ4v) is 5.60. The Bertz CT molecular complexity index is 1150. The zero-order chi connectivity index (χ0) is 26.8. The first-order valence-corrected chi connectivity index (χ1v) is 13.2. The second-order valence-electron chi connectivity index (χ2n) is 9.67. The smallest absolute Gasteiger partial charge is 0.290 e. The Kier molecular flexibility index (Phi) is 10.5. The van der Waals surface area contributed by atoms with E-state index in [2.05, 4.69) is 52.7 Å². The summed E-state index contributed by atoms with van der Waals surface area (Å²) in [6.07, 6.45) is 11.4. The number of aromatic nitrogens is 1. The molecule has 1 amide bonds. The Morgan fingerprint density at radius 3 is 2.54 bits per heavy atom. The van der Waals surface area contributed by atoms with Crippen LogP contribution < -0.4 is 21.1 Å². The third-order valence-corrected chi connectivity index (χ3v) is 7.45. The van der Waals surface area contributed by atoms with Crippen molar-refractivity contribution in [3.8, 4) is 0 Å². The number of nitrogens with zero attached hydrogens (tertiary/aromatic N) is 1. The van der Waals surface area contributed by atoms with Crippen LogP contribution in [0.4, 0.5) is 5.69 Å². The van der Waals surface area contributed by atoms with Crippen molar-refractivity contribution in [2.45, 2.75) is 77.4 Å². The molecule has 1 aromatic carbocycles. The van der Waals surface area contributed by atoms with E-state index < -0.39 is 0 Å². The molecular weight excluding hydrogens is 468 g/mol. The molecule has 200 valence electrons. The van der Waals surface area contributed by atoms with Crippen LogP contribution in [0.3, 0.4) is 0 Å². The predicted molar refractivity (Wildman–Crippen MR) is 147 cm³/mol. The summed E-state index contributed by atoms with van der Waals surface area (Å²) in [7, 11) is 2.05. The van der Waals surface area contributed by atoms with Gasteiger partial charge >= 0.3 is 0 Å². The van der Waals surface area contributed by atoms with Crippen molar-refractivity contribution in [3.05, 3.63) is 74.7 Å². The van der Waals surface area contributed by atoms with Crippen molar-refractivity contribution < 1.29 is 14.7 Å². The van der Waals surface area contributed by atoms with Crippen LogP contribution in [-0.2, 0) is 24.2 Å². The Morgan fingerprint density at radius 2 is 1.86 bits per heavy atom. The number of aryl methyl sites for hydroxylation is 2. The van der Waals surface area contributed by atoms with Crippen molar-refractivity contribution in [2.24, 2.45) is 0 Å². The van der Waals surface area contributed by atoms with Gasteiger partial charge in [0.1, 0.15) is 0 Å². The highest BCUT2D eigenvalue weighted by atomic mass is 16.3. The second-order valence-corrected chi connectivity index (χ2v) is 9.67. The van der Waals surface area contributed by atoms with Gasteiger partial charge in [-0.25, -0.2) is 0 Å². The van der Waals surface area contributed by atoms with Gasteiger partial charge in [-0.2, -0.15) is 0 Å². The van der Waals surface area contributed by atoms with E-state index in [1.165, 1.54) is 18.5 Å². The Balaban J connectivity index is 0.00000121. The number of fused-ring (bicyclic) bond motifs is 2. The van der Waals surface area contributed by atoms with Gasteiger partial charge in [-0.1, -0.05) is 18.2 Å². The summed E-state index contributed by atoms with van der Waals surface area (Å²) < 4.78 is 0. The minimum atomic E-state index is -0.250. The van der Waals surface area contributed by atoms with E-state index in [1.54, 1.807) is 0 Å². The molecule has 8 heteroatoms. The summed E-state index contributed by atoms with van der Waals surface area (Å²) in [5, 5.41) is 13.4. The summed E-state index contributed by atoms with van der Waals surface area (Å²) in [5.41, 5.74) is 5.35. The number of nitrogens with one attached hydrogen (secondary N) is 3. The molecule has 4 rings (SSSR count). The first kappa shape index (κ1) is 28.2. The van der Waals surface area contributed by atoms with E-state index in [0.29, 0.717) is 23.2 Å². The summed E-state index contributed by atoms with van der Waals surface area (Å²) in [4.78, 5) is 39.7. The predicted octanol–water partition coefficient (Wildman–Crippen LogP) is 3.72. The van der Waals surface area contributed by atoms with Gasteiger partial charge in [0.05, 0.1) is 0 Å². The number of rotatable bonds is 4. The molecule has 0 radical (unpaired) electrons. The first-order chi connectivity index (χ1) is 17.9. The first-order valence-electron chi connectivity index (χ1n) is 13.2. The third kappa shape index (κ3) is 7.10. The number of carbonyl (C=O) groups excluding carboxylic acids is 1. The van der Waals surface area contributed by atoms with Crippen LogP contribution in [0, 0.1) is 6.92 Å². The number of anilines is 1. The molecule has 2 aliphatic rings. The summed E-state index contributed by atoms with van der Waals surface area (Å²) in [6, 6.07) is 9.20. The van der Waals surface area contributed by atoms with E-state index in [9.17, 15) is 9.59 Å². The number of pyridine rings is 1. The van der Waals surface area contributed by atoms with Crippen molar-refractivity contribution in [1.82, 2.24) is 15.6 Å². The van der Waals surface area contributed by atoms with Gasteiger partial charge in [-0.05, 0) is 95.2 Å². The molecule has 0 atom stereocenters. The lowest BCUT2D eigenvalue weighted by molar-refractivity contribution is -0.122. The number of hydrogen-bond acceptors (Lipinski definition) is 5. The molecular formula is C29H40N4O4. The Labute approximate surface area is 219 Å². The molecule has 0 saturated heterocycles. The molecule has 0 spiro atoms. The third-order valence-electron chi connectivity index (χ3n) is 7.45. The van der Waals surface area contributed by atoms with Crippen LogP contribution in [-0.4, -0.2) is 48.1 Å². The van der Waals surface area contributed by atoms with Gasteiger partial charge in [-0.15, -0.1) is 0 Å². The van der Waals surface area contributed by atoms with Crippen LogP contribution in [0.2, 0.25) is 0 Å². The van der Waals surface area contributed by atoms with Gasteiger partial charge in [0.15, 0.2) is 0 Å². The standard InChI is InChI=1S/C28H38N4O2.CH2O2/c1-4-32(22-15-13-21(29-3)14-16-22)26-12-8-11-24-23(26)10-7-5-6-9-20-17-19(2)31-28(34)25(20)18-30-27(24)33;2-1-3/h5,7-8,11-12,17,21-22,29H,4,6,9-10,13-16,18H2,1-3H3,(H,30,33)(H,31,34);1H,(H,2,3)/b7-5+;/t21-,22+;. The second kappa shape index (κ2) is 13.8. The van der Waals surface area contributed by atoms with E-state index >= 15 is 0 Å². The summed E-state index contributed by atoms with van der Waals surface area (Å²) >= 11 is 0. The number of H-pyrrole nitrogens is 1. The fraction of sp³-hybridized carbons (Fsp3) is 0.483. The van der Waals surface area contributed by atoms with Crippen molar-refractivity contribution in [3.63, 3.8) is 0 Å². The van der Waals surface area contributed by atoms with E-state index in [4.69, 9.17) is 9.90 Å². The monoisotopic (exact) mass is 508 g/mol. The van der Waals surface area contributed by atoms with Crippen LogP contribution in [0.15, 0.2) is 41.2 Å². The molecule has 1 saturated carbocycles. The number of aromatic amines is 1. The number of carboxylic acid groups (broad SMARTS) is 1. The zero-order valence-electron chi connectivity index (χ0n) is 22.2. The molecule has 37 heavy (non-hydrogen) atoms. The SMILES string of the molecule is CCN(c1cccc2c1C/C=C/CCc1cc(C)[nH]c(=O)c1CNC2=O)[C@H]1CC[C@@H](NC)CC1.O=CO. The van der Waals surface area contributed by atoms with Crippen LogP contribution in [0.1, 0.15) is 71.8 Å². The Morgan fingerprint density at radius 1 is 1.14 bits per heavy atom. The molecule has 1 aliphatic heterocycles. The van der Waals surface area contributed by atoms with Gasteiger partial charge in [0.25, 0.3) is 17.9 Å². The molecule has 2 aromatic rings. The van der Waals surface area contributed by atoms with Crippen LogP contribution in [0.5, 0.6) is 0 Å². The van der Waals surface area contributed by atoms with E-state index in [1.807, 2.05) is 25.1 Å². The van der Waals surface area contributed by atoms with Crippen molar-refractivity contribution in [2.75, 3.05) is 18.5 Å². The van der Waals surface area contributed by atoms with Crippen LogP contribution >= 0.6 is 0 Å². The van der Waals surface area contributed by atoms with Gasteiger partial charge in [0, 0.05) is 47.7 Å². The molecule has 2 heterocycles. The van der Waals surface area contributed by atoms with Gasteiger partial charge < -0.3 is 25.6 Å². The van der Waals surface area contributed by atoms with Crippen LogP contribution in [0.25, 0.3) is 0 Å². The largest absolute Gasteiger partial charge is 0.483 e. The highest BCUT2D eigenvalue weighted by Gasteiger charge is 2.27. The highest BCUT2D eigenvalue weighted by molar-refractivity contribution is 5.97. The lowest BCUT2D eigenvalue weighted by Crippen LogP contribution is -2.42. The number of benzene rings is 1. The number of amides is 1. The zero-order valence-corrected chi connectivity index (χ0v) is 22.2. The normalized spacial score (nSPS) is 20.5. The number of hydrogen-bond donors (Lipinski definition) is 4. The highest BCUT2D eigenvalue weighted by Crippen LogP contribution is 2.32. The van der Waals surface area contributed by atoms with Crippen molar-refractivity contribution in [1.29, 1.82) is 0 Å². The average molecular weight is 509 g/mol. The average Bonchev–Trinajstić information content (AvgIpc) is 2.88. The molecule has 4 N–H and O–H groups in total. The maximum Gasteiger partial charge on any atom is 0.290 e. The lowest BCUT2D eigenvalue weighted by atomic mass is 9.89. The molecule has 1 fully saturated rings. The Hall–Kier alpha value is -3.39. The number of carbonyl (C=O) groups is 2. The van der Waals surface area contributed by atoms with E-state index in [0.717, 1.165) is 55.5 Å². The molecule has 0 bridgehead atoms. The lowest BCUT2D eigenvalue weighted by Gasteiger charge is -2.39. The molecule has 1 aliphatic carbocycles. The molecule has 0 unspecified atom stereocenters. The fourth-order valence-electron chi connectivity index (χ4n) is 5.60. The minimum Gasteiger partial charge on any atom is -0.483 e. The topological polar surface area (TPSA) is 115 Å². The van der Waals surface area contributed by atoms with Gasteiger partial charge in [0.2, 0.25) is 0 Å². The maximum atomic E-state index is 13.4. The number of allylic oxidation sites excluding steroid dienone is 2. The van der Waals surface area contributed by atoms with Gasteiger partial charge in [-0.3, -0.25) is 14.4 Å².